The number of hydrogen-bond acceptors (Lipinski definition) is 5. The van der Waals surface area contributed by atoms with Crippen molar-refractivity contribution in [2.75, 3.05) is 5.32 Å². The summed E-state index contributed by atoms with van der Waals surface area (Å²) in [5.74, 6) is -0.307. The first-order chi connectivity index (χ1) is 15.0. The molecule has 0 bridgehead atoms. The molecule has 2 aromatic carbocycles. The van der Waals surface area contributed by atoms with Crippen LogP contribution in [0, 0.1) is 6.92 Å². The van der Waals surface area contributed by atoms with Crippen LogP contribution in [-0.4, -0.2) is 25.8 Å². The van der Waals surface area contributed by atoms with Crippen LogP contribution in [0.5, 0.6) is 0 Å². The Balaban J connectivity index is 1.46. The molecule has 4 aromatic rings. The Morgan fingerprint density at radius 2 is 2.10 bits per heavy atom. The molecule has 2 aromatic heterocycles. The van der Waals surface area contributed by atoms with Gasteiger partial charge in [0.1, 0.15) is 0 Å². The summed E-state index contributed by atoms with van der Waals surface area (Å²) in [7, 11) is 0. The van der Waals surface area contributed by atoms with Crippen molar-refractivity contribution in [1.82, 2.24) is 19.9 Å². The molecule has 1 aliphatic rings. The molecule has 9 heteroatoms. The molecule has 156 valence electrons. The number of rotatable bonds is 5. The molecule has 0 atom stereocenters. The lowest BCUT2D eigenvalue weighted by atomic mass is 10.1. The lowest BCUT2D eigenvalue weighted by Crippen LogP contribution is -2.14. The maximum Gasteiger partial charge on any atom is 0.439 e. The van der Waals surface area contributed by atoms with Crippen LogP contribution in [0.15, 0.2) is 58.0 Å². The molecule has 5 rings (SSSR count). The van der Waals surface area contributed by atoms with Gasteiger partial charge in [0.25, 0.3) is 5.91 Å². The number of carbonyl (C=O) groups excluding carboxylic acids is 1. The summed E-state index contributed by atoms with van der Waals surface area (Å²) >= 11 is 6.30. The van der Waals surface area contributed by atoms with Crippen molar-refractivity contribution in [2.24, 2.45) is 0 Å². The first-order valence-electron chi connectivity index (χ1n) is 9.82. The van der Waals surface area contributed by atoms with E-state index in [1.165, 1.54) is 0 Å². The first-order valence-corrected chi connectivity index (χ1v) is 10.2. The van der Waals surface area contributed by atoms with Gasteiger partial charge in [-0.05, 0) is 49.6 Å². The van der Waals surface area contributed by atoms with Gasteiger partial charge in [-0.1, -0.05) is 35.0 Å². The Labute approximate surface area is 181 Å². The number of halogens is 1. The highest BCUT2D eigenvalue weighted by Crippen LogP contribution is 2.42. The number of amides is 1. The molecule has 0 spiro atoms. The summed E-state index contributed by atoms with van der Waals surface area (Å²) in [6, 6.07) is 12.8. The minimum atomic E-state index is -0.637. The third-order valence-electron chi connectivity index (χ3n) is 5.25. The zero-order valence-electron chi connectivity index (χ0n) is 16.6. The number of aromatic nitrogens is 4. The molecule has 0 aliphatic heterocycles. The Kier molecular flexibility index (Phi) is 4.71. The van der Waals surface area contributed by atoms with E-state index < -0.39 is 5.76 Å². The second-order valence-corrected chi connectivity index (χ2v) is 7.95. The number of anilines is 1. The number of H-pyrrole nitrogens is 1. The van der Waals surface area contributed by atoms with E-state index >= 15 is 0 Å². The normalized spacial score (nSPS) is 13.4. The maximum absolute atomic E-state index is 13.1. The van der Waals surface area contributed by atoms with Crippen molar-refractivity contribution in [3.63, 3.8) is 0 Å². The van der Waals surface area contributed by atoms with Gasteiger partial charge in [0.2, 0.25) is 0 Å². The fourth-order valence-corrected chi connectivity index (χ4v) is 3.67. The number of carbonyl (C=O) groups is 1. The van der Waals surface area contributed by atoms with E-state index in [4.69, 9.17) is 11.6 Å². The molecular weight excluding hydrogens is 418 g/mol. The fourth-order valence-electron chi connectivity index (χ4n) is 3.50. The molecule has 0 saturated heterocycles. The van der Waals surface area contributed by atoms with Crippen LogP contribution >= 0.6 is 11.6 Å². The van der Waals surface area contributed by atoms with Crippen molar-refractivity contribution in [3.05, 3.63) is 81.1 Å². The van der Waals surface area contributed by atoms with Gasteiger partial charge in [0.05, 0.1) is 23.1 Å². The van der Waals surface area contributed by atoms with Crippen molar-refractivity contribution >= 4 is 23.2 Å². The molecule has 2 N–H and O–H groups in total. The third kappa shape index (κ3) is 3.77. The lowest BCUT2D eigenvalue weighted by molar-refractivity contribution is 0.102. The molecular formula is C22H18ClN5O3. The van der Waals surface area contributed by atoms with Crippen molar-refractivity contribution in [3.8, 4) is 17.1 Å². The summed E-state index contributed by atoms with van der Waals surface area (Å²) in [5, 5.41) is 11.7. The predicted octanol–water partition coefficient (Wildman–Crippen LogP) is 4.31. The molecule has 0 radical (unpaired) electrons. The molecule has 0 unspecified atom stereocenters. The Bertz CT molecular complexity index is 1350. The van der Waals surface area contributed by atoms with Gasteiger partial charge in [-0.3, -0.25) is 14.3 Å². The van der Waals surface area contributed by atoms with Crippen LogP contribution < -0.4 is 11.1 Å². The van der Waals surface area contributed by atoms with E-state index in [0.29, 0.717) is 27.7 Å². The van der Waals surface area contributed by atoms with Gasteiger partial charge in [-0.15, -0.1) is 0 Å². The van der Waals surface area contributed by atoms with Gasteiger partial charge < -0.3 is 5.32 Å². The van der Waals surface area contributed by atoms with Crippen molar-refractivity contribution in [2.45, 2.75) is 25.7 Å². The Morgan fingerprint density at radius 3 is 2.81 bits per heavy atom. The molecule has 1 amide bonds. The average molecular weight is 436 g/mol. The van der Waals surface area contributed by atoms with Gasteiger partial charge >= 0.3 is 5.76 Å². The van der Waals surface area contributed by atoms with E-state index in [2.05, 4.69) is 25.1 Å². The highest BCUT2D eigenvalue weighted by molar-refractivity contribution is 6.31. The smallest absolute Gasteiger partial charge is 0.322 e. The zero-order chi connectivity index (χ0) is 21.5. The quantitative estimate of drug-likeness (QED) is 0.486. The maximum atomic E-state index is 13.1. The van der Waals surface area contributed by atoms with Crippen LogP contribution in [0.3, 0.4) is 0 Å². The fraction of sp³-hybridized carbons (Fsp3) is 0.182. The summed E-state index contributed by atoms with van der Waals surface area (Å²) in [6.45, 7) is 1.94. The number of aryl methyl sites for hydroxylation is 1. The summed E-state index contributed by atoms with van der Waals surface area (Å²) in [4.78, 5) is 26.8. The number of nitrogens with one attached hydrogen (secondary N) is 2. The van der Waals surface area contributed by atoms with Crippen LogP contribution in [0.4, 0.5) is 5.69 Å². The molecule has 1 saturated carbocycles. The van der Waals surface area contributed by atoms with E-state index in [1.807, 2.05) is 25.1 Å². The second-order valence-electron chi connectivity index (χ2n) is 7.54. The Morgan fingerprint density at radius 1 is 1.26 bits per heavy atom. The number of nitrogens with zero attached hydrogens (tertiary/aromatic N) is 3. The highest BCUT2D eigenvalue weighted by Gasteiger charge is 2.33. The number of aromatic amines is 1. The number of hydrogen-bond donors (Lipinski definition) is 2. The standard InChI is InChI=1S/C22H18ClN5O3/c1-12-5-8-16(10-18(12)23)28-19(13-6-7-13)17(11-24-28)21(29)25-15-4-2-3-14(9-15)20-26-22(30)31-27-20/h2-5,8-11,13H,6-7H2,1H3,(H,25,29)(H,26,27,30). The van der Waals surface area contributed by atoms with Gasteiger partial charge in [-0.25, -0.2) is 9.48 Å². The van der Waals surface area contributed by atoms with Crippen molar-refractivity contribution < 1.29 is 9.32 Å². The average Bonchev–Trinajstić information content (AvgIpc) is 3.34. The lowest BCUT2D eigenvalue weighted by Gasteiger charge is -2.11. The van der Waals surface area contributed by atoms with E-state index in [0.717, 1.165) is 29.8 Å². The highest BCUT2D eigenvalue weighted by atomic mass is 35.5. The monoisotopic (exact) mass is 435 g/mol. The van der Waals surface area contributed by atoms with Crippen molar-refractivity contribution in [1.29, 1.82) is 0 Å². The SMILES string of the molecule is Cc1ccc(-n2ncc(C(=O)Nc3cccc(-c4noc(=O)[nH]4)c3)c2C2CC2)cc1Cl. The second kappa shape index (κ2) is 7.55. The molecule has 2 heterocycles. The van der Waals surface area contributed by atoms with Crippen LogP contribution in [-0.2, 0) is 0 Å². The summed E-state index contributed by atoms with van der Waals surface area (Å²) in [6.07, 6.45) is 3.62. The molecule has 8 nitrogen and oxygen atoms in total. The molecule has 1 fully saturated rings. The number of benzene rings is 2. The zero-order valence-corrected chi connectivity index (χ0v) is 17.3. The first kappa shape index (κ1) is 19.3. The van der Waals surface area contributed by atoms with Crippen LogP contribution in [0.2, 0.25) is 5.02 Å². The minimum Gasteiger partial charge on any atom is -0.322 e. The Hall–Kier alpha value is -3.65. The molecule has 1 aliphatic carbocycles. The van der Waals surface area contributed by atoms with E-state index in [-0.39, 0.29) is 11.8 Å². The van der Waals surface area contributed by atoms with Gasteiger partial charge in [0, 0.05) is 22.2 Å². The predicted molar refractivity (Wildman–Crippen MR) is 116 cm³/mol. The van der Waals surface area contributed by atoms with Gasteiger partial charge in [0.15, 0.2) is 5.82 Å². The van der Waals surface area contributed by atoms with Gasteiger partial charge in [-0.2, -0.15) is 5.10 Å². The largest absolute Gasteiger partial charge is 0.439 e. The van der Waals surface area contributed by atoms with E-state index in [1.54, 1.807) is 35.1 Å². The van der Waals surface area contributed by atoms with Crippen LogP contribution in [0.25, 0.3) is 17.1 Å². The topological polar surface area (TPSA) is 106 Å². The minimum absolute atomic E-state index is 0.253. The summed E-state index contributed by atoms with van der Waals surface area (Å²) in [5.41, 5.74) is 4.41. The third-order valence-corrected chi connectivity index (χ3v) is 5.66. The molecule has 31 heavy (non-hydrogen) atoms. The van der Waals surface area contributed by atoms with E-state index in [9.17, 15) is 9.59 Å². The summed E-state index contributed by atoms with van der Waals surface area (Å²) < 4.78 is 6.35. The van der Waals surface area contributed by atoms with Crippen LogP contribution in [0.1, 0.15) is 40.4 Å².